The van der Waals surface area contributed by atoms with Gasteiger partial charge >= 0.3 is 0 Å². The van der Waals surface area contributed by atoms with E-state index in [-0.39, 0.29) is 0 Å². The van der Waals surface area contributed by atoms with Gasteiger partial charge in [0.1, 0.15) is 0 Å². The maximum atomic E-state index is 4.73. The van der Waals surface area contributed by atoms with Gasteiger partial charge < -0.3 is 5.32 Å². The van der Waals surface area contributed by atoms with Crippen molar-refractivity contribution in [3.05, 3.63) is 110 Å². The number of hydrogen-bond acceptors (Lipinski definition) is 4. The fraction of sp³-hybridized carbons (Fsp3) is 0. The van der Waals surface area contributed by atoms with Crippen LogP contribution in [-0.2, 0) is 0 Å². The van der Waals surface area contributed by atoms with E-state index < -0.39 is 0 Å². The SMILES string of the molecule is C=CC(=C)Nc1ccc(-c2nc(-c3ccccc3)nc(-c3ccccc3)n2)cc1. The van der Waals surface area contributed by atoms with Crippen LogP contribution in [0.25, 0.3) is 34.2 Å². The highest BCUT2D eigenvalue weighted by Crippen LogP contribution is 2.25. The van der Waals surface area contributed by atoms with Crippen LogP contribution in [0.1, 0.15) is 0 Å². The average Bonchev–Trinajstić information content (AvgIpc) is 2.80. The Morgan fingerprint density at radius 1 is 0.621 bits per heavy atom. The predicted octanol–water partition coefficient (Wildman–Crippen LogP) is 5.98. The van der Waals surface area contributed by atoms with E-state index in [9.17, 15) is 0 Å². The van der Waals surface area contributed by atoms with Gasteiger partial charge in [-0.05, 0) is 30.3 Å². The zero-order valence-corrected chi connectivity index (χ0v) is 15.9. The minimum Gasteiger partial charge on any atom is -0.356 e. The summed E-state index contributed by atoms with van der Waals surface area (Å²) in [6.45, 7) is 7.59. The first kappa shape index (κ1) is 18.3. The lowest BCUT2D eigenvalue weighted by molar-refractivity contribution is 1.07. The fourth-order valence-electron chi connectivity index (χ4n) is 2.88. The molecule has 0 amide bonds. The lowest BCUT2D eigenvalue weighted by atomic mass is 10.1. The molecule has 0 atom stereocenters. The van der Waals surface area contributed by atoms with Crippen LogP contribution < -0.4 is 5.32 Å². The van der Waals surface area contributed by atoms with Crippen molar-refractivity contribution in [2.75, 3.05) is 5.32 Å². The Morgan fingerprint density at radius 3 is 1.45 bits per heavy atom. The summed E-state index contributed by atoms with van der Waals surface area (Å²) in [6.07, 6.45) is 1.68. The lowest BCUT2D eigenvalue weighted by Gasteiger charge is -2.09. The summed E-state index contributed by atoms with van der Waals surface area (Å²) in [5, 5.41) is 3.18. The van der Waals surface area contributed by atoms with Crippen LogP contribution in [0.3, 0.4) is 0 Å². The van der Waals surface area contributed by atoms with Gasteiger partial charge in [0.25, 0.3) is 0 Å². The molecule has 4 aromatic rings. The highest BCUT2D eigenvalue weighted by atomic mass is 15.0. The third-order valence-electron chi connectivity index (χ3n) is 4.39. The van der Waals surface area contributed by atoms with Crippen LogP contribution in [-0.4, -0.2) is 15.0 Å². The van der Waals surface area contributed by atoms with E-state index in [4.69, 9.17) is 15.0 Å². The summed E-state index contributed by atoms with van der Waals surface area (Å²) in [7, 11) is 0. The van der Waals surface area contributed by atoms with E-state index in [1.54, 1.807) is 6.08 Å². The number of benzene rings is 3. The lowest BCUT2D eigenvalue weighted by Crippen LogP contribution is -2.00. The maximum Gasteiger partial charge on any atom is 0.164 e. The zero-order chi connectivity index (χ0) is 20.1. The molecule has 0 spiro atoms. The molecule has 4 nitrogen and oxygen atoms in total. The first-order chi connectivity index (χ1) is 14.2. The van der Waals surface area contributed by atoms with Crippen LogP contribution in [0, 0.1) is 0 Å². The summed E-state index contributed by atoms with van der Waals surface area (Å²) >= 11 is 0. The number of aromatic nitrogens is 3. The molecule has 4 heteroatoms. The molecule has 29 heavy (non-hydrogen) atoms. The Morgan fingerprint density at radius 2 is 1.03 bits per heavy atom. The number of rotatable bonds is 6. The number of nitrogens with zero attached hydrogens (tertiary/aromatic N) is 3. The summed E-state index contributed by atoms with van der Waals surface area (Å²) < 4.78 is 0. The van der Waals surface area contributed by atoms with Crippen molar-refractivity contribution in [2.24, 2.45) is 0 Å². The highest BCUT2D eigenvalue weighted by Gasteiger charge is 2.11. The van der Waals surface area contributed by atoms with Crippen molar-refractivity contribution >= 4 is 5.69 Å². The van der Waals surface area contributed by atoms with E-state index >= 15 is 0 Å². The summed E-state index contributed by atoms with van der Waals surface area (Å²) in [5.74, 6) is 1.93. The van der Waals surface area contributed by atoms with Gasteiger partial charge in [-0.3, -0.25) is 0 Å². The Balaban J connectivity index is 1.78. The minimum atomic E-state index is 0.631. The topological polar surface area (TPSA) is 50.7 Å². The number of hydrogen-bond donors (Lipinski definition) is 1. The summed E-state index contributed by atoms with van der Waals surface area (Å²) in [4.78, 5) is 14.2. The van der Waals surface area contributed by atoms with Crippen molar-refractivity contribution in [1.82, 2.24) is 15.0 Å². The number of nitrogens with one attached hydrogen (secondary N) is 1. The van der Waals surface area contributed by atoms with Gasteiger partial charge in [-0.25, -0.2) is 15.0 Å². The minimum absolute atomic E-state index is 0.631. The first-order valence-corrected chi connectivity index (χ1v) is 9.28. The third kappa shape index (κ3) is 4.28. The monoisotopic (exact) mass is 376 g/mol. The van der Waals surface area contributed by atoms with Crippen LogP contribution in [0.2, 0.25) is 0 Å². The Hall–Kier alpha value is -4.05. The highest BCUT2D eigenvalue weighted by molar-refractivity contribution is 5.67. The molecule has 140 valence electrons. The van der Waals surface area contributed by atoms with E-state index in [2.05, 4.69) is 18.5 Å². The maximum absolute atomic E-state index is 4.73. The van der Waals surface area contributed by atoms with Crippen LogP contribution >= 0.6 is 0 Å². The molecule has 0 aliphatic carbocycles. The molecular weight excluding hydrogens is 356 g/mol. The van der Waals surface area contributed by atoms with Crippen LogP contribution in [0.5, 0.6) is 0 Å². The van der Waals surface area contributed by atoms with E-state index in [0.717, 1.165) is 28.1 Å². The Bertz CT molecular complexity index is 1080. The molecular formula is C25H20N4. The zero-order valence-electron chi connectivity index (χ0n) is 15.9. The number of allylic oxidation sites excluding steroid dienone is 1. The van der Waals surface area contributed by atoms with Crippen LogP contribution in [0.15, 0.2) is 110 Å². The molecule has 0 aliphatic rings. The second-order valence-corrected chi connectivity index (χ2v) is 6.47. The molecule has 4 rings (SSSR count). The van der Waals surface area contributed by atoms with Gasteiger partial charge in [0.15, 0.2) is 17.5 Å². The summed E-state index contributed by atoms with van der Waals surface area (Å²) in [5.41, 5.74) is 4.49. The molecule has 0 fully saturated rings. The first-order valence-electron chi connectivity index (χ1n) is 9.28. The molecule has 1 aromatic heterocycles. The molecule has 0 bridgehead atoms. The second-order valence-electron chi connectivity index (χ2n) is 6.47. The normalized spacial score (nSPS) is 10.3. The second kappa shape index (κ2) is 8.31. The van der Waals surface area contributed by atoms with E-state index in [1.807, 2.05) is 84.9 Å². The molecule has 3 aromatic carbocycles. The van der Waals surface area contributed by atoms with E-state index in [0.29, 0.717) is 17.5 Å². The van der Waals surface area contributed by atoms with Gasteiger partial charge in [0, 0.05) is 28.1 Å². The Labute approximate surface area is 170 Å². The number of anilines is 1. The van der Waals surface area contributed by atoms with Gasteiger partial charge in [0.2, 0.25) is 0 Å². The molecule has 1 N–H and O–H groups in total. The average molecular weight is 376 g/mol. The van der Waals surface area contributed by atoms with E-state index in [1.165, 1.54) is 0 Å². The third-order valence-corrected chi connectivity index (χ3v) is 4.39. The van der Waals surface area contributed by atoms with Crippen molar-refractivity contribution in [3.63, 3.8) is 0 Å². The Kier molecular flexibility index (Phi) is 5.25. The quantitative estimate of drug-likeness (QED) is 0.420. The molecule has 0 saturated heterocycles. The molecule has 1 heterocycles. The van der Waals surface area contributed by atoms with Gasteiger partial charge in [-0.15, -0.1) is 0 Å². The van der Waals surface area contributed by atoms with Crippen LogP contribution in [0.4, 0.5) is 5.69 Å². The van der Waals surface area contributed by atoms with Crippen molar-refractivity contribution in [2.45, 2.75) is 0 Å². The molecule has 0 saturated carbocycles. The molecule has 0 aliphatic heterocycles. The summed E-state index contributed by atoms with van der Waals surface area (Å²) in [6, 6.07) is 27.8. The van der Waals surface area contributed by atoms with Gasteiger partial charge in [-0.1, -0.05) is 73.8 Å². The van der Waals surface area contributed by atoms with Gasteiger partial charge in [-0.2, -0.15) is 0 Å². The largest absolute Gasteiger partial charge is 0.356 e. The van der Waals surface area contributed by atoms with Gasteiger partial charge in [0.05, 0.1) is 0 Å². The predicted molar refractivity (Wildman–Crippen MR) is 119 cm³/mol. The molecule has 0 radical (unpaired) electrons. The van der Waals surface area contributed by atoms with Crippen molar-refractivity contribution in [1.29, 1.82) is 0 Å². The molecule has 0 unspecified atom stereocenters. The smallest absolute Gasteiger partial charge is 0.164 e. The fourth-order valence-corrected chi connectivity index (χ4v) is 2.88. The van der Waals surface area contributed by atoms with Crippen molar-refractivity contribution in [3.8, 4) is 34.2 Å². The van der Waals surface area contributed by atoms with Crippen molar-refractivity contribution < 1.29 is 0 Å². The standard InChI is InChI=1S/C25H20N4/c1-3-18(2)26-22-16-14-21(15-17-22)25-28-23(19-10-6-4-7-11-19)27-24(29-25)20-12-8-5-9-13-20/h3-17,26H,1-2H2.